The summed E-state index contributed by atoms with van der Waals surface area (Å²) in [6.45, 7) is 5.46. The van der Waals surface area contributed by atoms with Gasteiger partial charge in [-0.2, -0.15) is 0 Å². The summed E-state index contributed by atoms with van der Waals surface area (Å²) in [7, 11) is 0. The molecule has 0 spiro atoms. The van der Waals surface area contributed by atoms with Crippen molar-refractivity contribution in [1.82, 2.24) is 0 Å². The fourth-order valence-electron chi connectivity index (χ4n) is 3.29. The molecule has 4 heteroatoms. The van der Waals surface area contributed by atoms with E-state index in [-0.39, 0.29) is 6.04 Å². The van der Waals surface area contributed by atoms with Gasteiger partial charge in [0.2, 0.25) is 0 Å². The zero-order chi connectivity index (χ0) is 17.9. The summed E-state index contributed by atoms with van der Waals surface area (Å²) in [6, 6.07) is 5.90. The van der Waals surface area contributed by atoms with E-state index in [1.54, 1.807) is 6.21 Å². The number of hydrogen-bond donors (Lipinski definition) is 0. The number of ether oxygens (including phenoxy) is 2. The average molecular weight is 347 g/mol. The van der Waals surface area contributed by atoms with E-state index >= 15 is 0 Å². The van der Waals surface area contributed by atoms with Crippen molar-refractivity contribution in [2.75, 3.05) is 13.2 Å². The Hall–Kier alpha value is -1.71. The Morgan fingerprint density at radius 3 is 2.56 bits per heavy atom. The summed E-state index contributed by atoms with van der Waals surface area (Å²) in [4.78, 5) is 0. The van der Waals surface area contributed by atoms with Crippen molar-refractivity contribution in [3.63, 3.8) is 0 Å². The highest BCUT2D eigenvalue weighted by Crippen LogP contribution is 2.28. The van der Waals surface area contributed by atoms with E-state index in [0.29, 0.717) is 13.2 Å². The zero-order valence-corrected chi connectivity index (χ0v) is 15.8. The molecule has 25 heavy (non-hydrogen) atoms. The predicted octanol–water partition coefficient (Wildman–Crippen LogP) is 5.31. The Morgan fingerprint density at radius 2 is 1.84 bits per heavy atom. The number of hydrogen-bond acceptors (Lipinski definition) is 3. The SMILES string of the molecule is CCCCCCOc1ccc(C=[N+]([O-])C2CCCCC2)cc1OCC. The lowest BCUT2D eigenvalue weighted by molar-refractivity contribution is -0.500. The minimum atomic E-state index is 0.124. The normalized spacial score (nSPS) is 16.0. The molecule has 140 valence electrons. The molecule has 0 heterocycles. The fourth-order valence-corrected chi connectivity index (χ4v) is 3.29. The van der Waals surface area contributed by atoms with Gasteiger partial charge in [0, 0.05) is 18.4 Å². The molecule has 0 N–H and O–H groups in total. The van der Waals surface area contributed by atoms with Crippen LogP contribution in [0.25, 0.3) is 0 Å². The Balaban J connectivity index is 2.01. The van der Waals surface area contributed by atoms with Crippen LogP contribution in [-0.4, -0.2) is 30.2 Å². The van der Waals surface area contributed by atoms with Gasteiger partial charge >= 0.3 is 0 Å². The first-order valence-corrected chi connectivity index (χ1v) is 9.94. The predicted molar refractivity (Wildman–Crippen MR) is 103 cm³/mol. The van der Waals surface area contributed by atoms with E-state index in [9.17, 15) is 5.21 Å². The zero-order valence-electron chi connectivity index (χ0n) is 15.8. The van der Waals surface area contributed by atoms with Crippen molar-refractivity contribution in [1.29, 1.82) is 0 Å². The largest absolute Gasteiger partial charge is 0.624 e. The van der Waals surface area contributed by atoms with Crippen LogP contribution in [0, 0.1) is 5.21 Å². The number of nitrogens with zero attached hydrogens (tertiary/aromatic N) is 1. The van der Waals surface area contributed by atoms with E-state index in [4.69, 9.17) is 9.47 Å². The van der Waals surface area contributed by atoms with Crippen LogP contribution in [0.2, 0.25) is 0 Å². The second-order valence-corrected chi connectivity index (χ2v) is 6.83. The number of rotatable bonds is 10. The molecule has 1 aromatic rings. The maximum Gasteiger partial charge on any atom is 0.182 e. The Kier molecular flexibility index (Phi) is 8.64. The van der Waals surface area contributed by atoms with Crippen molar-refractivity contribution >= 4 is 6.21 Å². The maximum atomic E-state index is 12.4. The van der Waals surface area contributed by atoms with Crippen molar-refractivity contribution in [3.05, 3.63) is 29.0 Å². The van der Waals surface area contributed by atoms with Crippen molar-refractivity contribution in [3.8, 4) is 11.5 Å². The molecule has 0 saturated heterocycles. The summed E-state index contributed by atoms with van der Waals surface area (Å²) >= 11 is 0. The molecule has 1 fully saturated rings. The monoisotopic (exact) mass is 347 g/mol. The van der Waals surface area contributed by atoms with Gasteiger partial charge in [-0.25, -0.2) is 4.74 Å². The van der Waals surface area contributed by atoms with Gasteiger partial charge in [-0.1, -0.05) is 32.6 Å². The highest BCUT2D eigenvalue weighted by Gasteiger charge is 2.19. The molecule has 0 aromatic heterocycles. The lowest BCUT2D eigenvalue weighted by Crippen LogP contribution is -2.25. The first kappa shape index (κ1) is 19.6. The van der Waals surface area contributed by atoms with Gasteiger partial charge in [-0.3, -0.25) is 0 Å². The molecule has 1 aliphatic rings. The minimum Gasteiger partial charge on any atom is -0.624 e. The second-order valence-electron chi connectivity index (χ2n) is 6.83. The van der Waals surface area contributed by atoms with Crippen molar-refractivity contribution in [2.45, 2.75) is 77.7 Å². The van der Waals surface area contributed by atoms with Crippen LogP contribution >= 0.6 is 0 Å². The Bertz CT molecular complexity index is 536. The van der Waals surface area contributed by atoms with E-state index in [2.05, 4.69) is 6.92 Å². The third kappa shape index (κ3) is 6.60. The first-order valence-electron chi connectivity index (χ1n) is 9.94. The molecule has 1 aliphatic carbocycles. The lowest BCUT2D eigenvalue weighted by Gasteiger charge is -2.21. The molecule has 0 bridgehead atoms. The lowest BCUT2D eigenvalue weighted by atomic mass is 9.96. The molecular formula is C21H33NO3. The van der Waals surface area contributed by atoms with Crippen LogP contribution in [-0.2, 0) is 0 Å². The summed E-state index contributed by atoms with van der Waals surface area (Å²) in [6.07, 6.45) is 12.0. The van der Waals surface area contributed by atoms with E-state index in [0.717, 1.165) is 53.9 Å². The average Bonchev–Trinajstić information content (AvgIpc) is 2.64. The highest BCUT2D eigenvalue weighted by atomic mass is 16.5. The minimum absolute atomic E-state index is 0.124. The summed E-state index contributed by atoms with van der Waals surface area (Å²) in [5, 5.41) is 12.4. The summed E-state index contributed by atoms with van der Waals surface area (Å²) in [5.41, 5.74) is 0.877. The Labute approximate surface area is 152 Å². The van der Waals surface area contributed by atoms with Gasteiger partial charge in [0.25, 0.3) is 0 Å². The third-order valence-electron chi connectivity index (χ3n) is 4.73. The van der Waals surface area contributed by atoms with Crippen LogP contribution in [0.1, 0.15) is 77.2 Å². The van der Waals surface area contributed by atoms with Crippen LogP contribution in [0.15, 0.2) is 18.2 Å². The highest BCUT2D eigenvalue weighted by molar-refractivity contribution is 5.77. The van der Waals surface area contributed by atoms with Crippen LogP contribution < -0.4 is 9.47 Å². The van der Waals surface area contributed by atoms with Gasteiger partial charge < -0.3 is 14.7 Å². The van der Waals surface area contributed by atoms with E-state index in [1.807, 2.05) is 25.1 Å². The standard InChI is InChI=1S/C21H33NO3/c1-3-5-6-10-15-25-20-14-13-18(16-21(20)24-4-2)17-22(23)19-11-8-7-9-12-19/h13-14,16-17,19H,3-12,15H2,1-2H3. The van der Waals surface area contributed by atoms with Gasteiger partial charge in [0.15, 0.2) is 23.8 Å². The van der Waals surface area contributed by atoms with E-state index < -0.39 is 0 Å². The Morgan fingerprint density at radius 1 is 1.04 bits per heavy atom. The van der Waals surface area contributed by atoms with Crippen LogP contribution in [0.4, 0.5) is 0 Å². The van der Waals surface area contributed by atoms with Crippen molar-refractivity contribution < 1.29 is 14.2 Å². The third-order valence-corrected chi connectivity index (χ3v) is 4.73. The fraction of sp³-hybridized carbons (Fsp3) is 0.667. The van der Waals surface area contributed by atoms with Gasteiger partial charge in [0.1, 0.15) is 0 Å². The molecule has 1 aromatic carbocycles. The molecule has 0 amide bonds. The first-order chi connectivity index (χ1) is 12.2. The maximum absolute atomic E-state index is 12.4. The summed E-state index contributed by atoms with van der Waals surface area (Å²) < 4.78 is 12.7. The molecule has 0 unspecified atom stereocenters. The molecular weight excluding hydrogens is 314 g/mol. The molecule has 0 atom stereocenters. The summed E-state index contributed by atoms with van der Waals surface area (Å²) in [5.74, 6) is 1.49. The molecule has 4 nitrogen and oxygen atoms in total. The van der Waals surface area contributed by atoms with Gasteiger partial charge in [0.05, 0.1) is 13.2 Å². The topological polar surface area (TPSA) is 44.5 Å². The number of benzene rings is 1. The molecule has 2 rings (SSSR count). The molecule has 0 radical (unpaired) electrons. The molecule has 1 saturated carbocycles. The van der Waals surface area contributed by atoms with Crippen LogP contribution in [0.3, 0.4) is 0 Å². The van der Waals surface area contributed by atoms with E-state index in [1.165, 1.54) is 25.7 Å². The smallest absolute Gasteiger partial charge is 0.182 e. The quantitative estimate of drug-likeness (QED) is 0.189. The van der Waals surface area contributed by atoms with Gasteiger partial charge in [-0.15, -0.1) is 0 Å². The second kappa shape index (κ2) is 11.0. The number of unbranched alkanes of at least 4 members (excludes halogenated alkanes) is 3. The van der Waals surface area contributed by atoms with Crippen LogP contribution in [0.5, 0.6) is 11.5 Å². The molecule has 0 aliphatic heterocycles. The van der Waals surface area contributed by atoms with Crippen molar-refractivity contribution in [2.24, 2.45) is 0 Å². The number of hydroxylamine groups is 1. The van der Waals surface area contributed by atoms with Gasteiger partial charge in [-0.05, 0) is 44.4 Å².